The minimum atomic E-state index is 0.0875. The summed E-state index contributed by atoms with van der Waals surface area (Å²) in [6.45, 7) is 4.03. The number of rotatable bonds is 5. The van der Waals surface area contributed by atoms with Crippen LogP contribution in [-0.2, 0) is 4.79 Å². The zero-order valence-corrected chi connectivity index (χ0v) is 22.7. The van der Waals surface area contributed by atoms with E-state index in [1.165, 1.54) is 6.42 Å². The van der Waals surface area contributed by atoms with Gasteiger partial charge in [-0.3, -0.25) is 14.9 Å². The lowest BCUT2D eigenvalue weighted by atomic mass is 9.88. The summed E-state index contributed by atoms with van der Waals surface area (Å²) in [6, 6.07) is 10.3. The van der Waals surface area contributed by atoms with Crippen LogP contribution in [0.5, 0.6) is 0 Å². The first-order chi connectivity index (χ1) is 19.6. The van der Waals surface area contributed by atoms with Gasteiger partial charge in [-0.2, -0.15) is 5.10 Å². The van der Waals surface area contributed by atoms with Crippen LogP contribution in [0.4, 0.5) is 11.4 Å². The molecule has 1 saturated heterocycles. The van der Waals surface area contributed by atoms with Crippen molar-refractivity contribution >= 4 is 39.3 Å². The fraction of sp³-hybridized carbons (Fsp3) is 0.367. The molecule has 204 valence electrons. The molecule has 0 radical (unpaired) electrons. The average Bonchev–Trinajstić information content (AvgIpc) is 3.62. The number of piperazine rings is 1. The summed E-state index contributed by atoms with van der Waals surface area (Å²) in [6.07, 6.45) is 10.7. The zero-order valence-electron chi connectivity index (χ0n) is 22.7. The Morgan fingerprint density at radius 2 is 1.82 bits per heavy atom. The number of hydrogen-bond donors (Lipinski definition) is 3. The molecule has 1 amide bonds. The van der Waals surface area contributed by atoms with Gasteiger partial charge in [0.05, 0.1) is 28.5 Å². The van der Waals surface area contributed by atoms with E-state index in [9.17, 15) is 4.79 Å². The maximum Gasteiger partial charge on any atom is 0.227 e. The monoisotopic (exact) mass is 535 g/mol. The quantitative estimate of drug-likeness (QED) is 0.295. The van der Waals surface area contributed by atoms with E-state index in [4.69, 9.17) is 4.98 Å². The fourth-order valence-corrected chi connectivity index (χ4v) is 5.95. The molecule has 5 aromatic rings. The lowest BCUT2D eigenvalue weighted by Gasteiger charge is -2.34. The molecular weight excluding hydrogens is 502 g/mol. The van der Waals surface area contributed by atoms with Gasteiger partial charge in [-0.15, -0.1) is 0 Å². The molecule has 7 rings (SSSR count). The Balaban J connectivity index is 1.19. The second-order valence-corrected chi connectivity index (χ2v) is 11.0. The van der Waals surface area contributed by atoms with Crippen molar-refractivity contribution in [2.24, 2.45) is 5.92 Å². The van der Waals surface area contributed by atoms with E-state index < -0.39 is 0 Å². The molecule has 5 heterocycles. The normalized spacial score (nSPS) is 17.1. The van der Waals surface area contributed by atoms with Crippen LogP contribution in [0, 0.1) is 5.92 Å². The summed E-state index contributed by atoms with van der Waals surface area (Å²) >= 11 is 0. The molecule has 1 saturated carbocycles. The van der Waals surface area contributed by atoms with E-state index in [0.717, 1.165) is 96.6 Å². The Morgan fingerprint density at radius 1 is 1.00 bits per heavy atom. The number of hydrogen-bond acceptors (Lipinski definition) is 7. The highest BCUT2D eigenvalue weighted by Gasteiger charge is 2.22. The molecule has 0 unspecified atom stereocenters. The lowest BCUT2D eigenvalue weighted by molar-refractivity contribution is -0.120. The summed E-state index contributed by atoms with van der Waals surface area (Å²) in [5, 5.41) is 11.5. The molecule has 40 heavy (non-hydrogen) atoms. The fourth-order valence-electron chi connectivity index (χ4n) is 5.95. The van der Waals surface area contributed by atoms with Crippen LogP contribution in [0.3, 0.4) is 0 Å². The molecule has 0 spiro atoms. The molecule has 3 N–H and O–H groups in total. The second-order valence-electron chi connectivity index (χ2n) is 11.0. The molecule has 10 heteroatoms. The third-order valence-corrected chi connectivity index (χ3v) is 8.30. The third-order valence-electron chi connectivity index (χ3n) is 8.30. The number of amides is 1. The number of aromatic nitrogens is 6. The summed E-state index contributed by atoms with van der Waals surface area (Å²) in [5.74, 6) is 0.902. The van der Waals surface area contributed by atoms with Crippen molar-refractivity contribution in [3.8, 4) is 22.6 Å². The van der Waals surface area contributed by atoms with Crippen molar-refractivity contribution in [3.05, 3.63) is 48.9 Å². The number of carbonyl (C=O) groups is 1. The topological polar surface area (TPSA) is 119 Å². The molecule has 1 aromatic carbocycles. The Kier molecular flexibility index (Phi) is 6.39. The van der Waals surface area contributed by atoms with Gasteiger partial charge in [0, 0.05) is 55.6 Å². The third kappa shape index (κ3) is 4.68. The maximum atomic E-state index is 12.8. The van der Waals surface area contributed by atoms with E-state index in [-0.39, 0.29) is 11.8 Å². The lowest BCUT2D eigenvalue weighted by Crippen LogP contribution is -2.44. The van der Waals surface area contributed by atoms with E-state index in [2.05, 4.69) is 71.6 Å². The number of aromatic amines is 2. The highest BCUT2D eigenvalue weighted by Crippen LogP contribution is 2.33. The molecule has 0 atom stereocenters. The summed E-state index contributed by atoms with van der Waals surface area (Å²) in [4.78, 5) is 35.1. The number of nitrogens with one attached hydrogen (secondary N) is 3. The Labute approximate surface area is 232 Å². The molecule has 2 aliphatic rings. The number of nitrogens with zero attached hydrogens (tertiary/aromatic N) is 6. The number of imidazole rings is 1. The van der Waals surface area contributed by atoms with Crippen molar-refractivity contribution in [1.29, 1.82) is 0 Å². The van der Waals surface area contributed by atoms with Crippen molar-refractivity contribution in [3.63, 3.8) is 0 Å². The van der Waals surface area contributed by atoms with E-state index >= 15 is 0 Å². The van der Waals surface area contributed by atoms with Crippen LogP contribution in [0.2, 0.25) is 0 Å². The summed E-state index contributed by atoms with van der Waals surface area (Å²) in [5.41, 5.74) is 6.98. The first-order valence-electron chi connectivity index (χ1n) is 14.2. The molecule has 2 fully saturated rings. The maximum absolute atomic E-state index is 12.8. The molecular formula is C30H33N9O. The highest BCUT2D eigenvalue weighted by molar-refractivity contribution is 5.97. The smallest absolute Gasteiger partial charge is 0.227 e. The van der Waals surface area contributed by atoms with Gasteiger partial charge in [0.15, 0.2) is 11.5 Å². The first-order valence-corrected chi connectivity index (χ1v) is 14.2. The minimum Gasteiger partial charge on any atom is -0.367 e. The van der Waals surface area contributed by atoms with Crippen molar-refractivity contribution in [1.82, 2.24) is 35.0 Å². The molecule has 1 aliphatic carbocycles. The van der Waals surface area contributed by atoms with Crippen molar-refractivity contribution in [2.75, 3.05) is 43.4 Å². The van der Waals surface area contributed by atoms with Gasteiger partial charge in [-0.05, 0) is 44.2 Å². The number of anilines is 2. The number of carbonyl (C=O) groups excluding carboxylic acids is 1. The summed E-state index contributed by atoms with van der Waals surface area (Å²) in [7, 11) is 2.16. The predicted octanol–water partition coefficient (Wildman–Crippen LogP) is 4.83. The SMILES string of the molecule is CN1CCN(c2cccc3[nH]c(-c4[nH]nc5ncc(-c6cncc(NC(=O)C7CCCCC7)c6)cc45)nc23)CC1. The van der Waals surface area contributed by atoms with Gasteiger partial charge in [-0.1, -0.05) is 25.3 Å². The summed E-state index contributed by atoms with van der Waals surface area (Å²) < 4.78 is 0. The minimum absolute atomic E-state index is 0.0875. The Bertz CT molecular complexity index is 1680. The zero-order chi connectivity index (χ0) is 27.1. The molecule has 0 bridgehead atoms. The van der Waals surface area contributed by atoms with Crippen LogP contribution < -0.4 is 10.2 Å². The number of likely N-dealkylation sites (N-methyl/N-ethyl adjacent to an activating group) is 1. The first kappa shape index (κ1) is 24.7. The number of pyridine rings is 2. The van der Waals surface area contributed by atoms with Crippen molar-refractivity contribution in [2.45, 2.75) is 32.1 Å². The van der Waals surface area contributed by atoms with Gasteiger partial charge in [-0.25, -0.2) is 9.97 Å². The van der Waals surface area contributed by atoms with Gasteiger partial charge >= 0.3 is 0 Å². The molecule has 10 nitrogen and oxygen atoms in total. The number of para-hydroxylation sites is 1. The van der Waals surface area contributed by atoms with E-state index in [1.807, 2.05) is 6.07 Å². The average molecular weight is 536 g/mol. The van der Waals surface area contributed by atoms with Crippen molar-refractivity contribution < 1.29 is 4.79 Å². The van der Waals surface area contributed by atoms with Gasteiger partial charge in [0.25, 0.3) is 0 Å². The predicted molar refractivity (Wildman–Crippen MR) is 157 cm³/mol. The number of H-pyrrole nitrogens is 2. The molecule has 4 aromatic heterocycles. The second kappa shape index (κ2) is 10.3. The van der Waals surface area contributed by atoms with Crippen LogP contribution >= 0.6 is 0 Å². The van der Waals surface area contributed by atoms with E-state index in [0.29, 0.717) is 11.3 Å². The van der Waals surface area contributed by atoms with Crippen LogP contribution in [0.25, 0.3) is 44.7 Å². The molecule has 1 aliphatic heterocycles. The largest absolute Gasteiger partial charge is 0.367 e. The van der Waals surface area contributed by atoms with Gasteiger partial charge < -0.3 is 20.1 Å². The Morgan fingerprint density at radius 3 is 2.67 bits per heavy atom. The van der Waals surface area contributed by atoms with Crippen LogP contribution in [-0.4, -0.2) is 74.2 Å². The van der Waals surface area contributed by atoms with Gasteiger partial charge in [0.1, 0.15) is 11.2 Å². The standard InChI is InChI=1S/C30H33N9O/c1-38-10-12-39(13-11-38)25-9-5-8-24-27(25)35-29(34-24)26-23-15-21(17-32-28(23)37-36-26)20-14-22(18-31-16-20)33-30(40)19-6-3-2-4-7-19/h5,8-9,14-19H,2-4,6-7,10-13H2,1H3,(H,33,40)(H,34,35)(H,32,36,37). The number of benzene rings is 1. The van der Waals surface area contributed by atoms with E-state index in [1.54, 1.807) is 18.6 Å². The highest BCUT2D eigenvalue weighted by atomic mass is 16.1. The van der Waals surface area contributed by atoms with Crippen LogP contribution in [0.1, 0.15) is 32.1 Å². The Hall–Kier alpha value is -4.31. The van der Waals surface area contributed by atoms with Gasteiger partial charge in [0.2, 0.25) is 5.91 Å². The number of fused-ring (bicyclic) bond motifs is 2. The van der Waals surface area contributed by atoms with Crippen LogP contribution in [0.15, 0.2) is 48.9 Å².